The van der Waals surface area contributed by atoms with Gasteiger partial charge in [0.25, 0.3) is 0 Å². The third kappa shape index (κ3) is 2.08. The van der Waals surface area contributed by atoms with Crippen LogP contribution < -0.4 is 5.32 Å². The zero-order valence-electron chi connectivity index (χ0n) is 9.62. The highest BCUT2D eigenvalue weighted by molar-refractivity contribution is 7.09. The van der Waals surface area contributed by atoms with E-state index in [0.29, 0.717) is 0 Å². The molecule has 1 aromatic heterocycles. The van der Waals surface area contributed by atoms with Gasteiger partial charge in [-0.3, -0.25) is 0 Å². The Labute approximate surface area is 96.1 Å². The molecule has 1 N–H and O–H groups in total. The van der Waals surface area contributed by atoms with Gasteiger partial charge in [-0.2, -0.15) is 0 Å². The Morgan fingerprint density at radius 3 is 2.80 bits per heavy atom. The van der Waals surface area contributed by atoms with Gasteiger partial charge in [0.1, 0.15) is 5.01 Å². The summed E-state index contributed by atoms with van der Waals surface area (Å²) in [5.74, 6) is 0.767. The van der Waals surface area contributed by atoms with Gasteiger partial charge in [0.15, 0.2) is 0 Å². The van der Waals surface area contributed by atoms with Gasteiger partial charge >= 0.3 is 0 Å². The standard InChI is InChI=1S/C12H20N2S/c1-3-14-12(2,10-6-4-5-7-10)11-13-8-9-15-11/h8-10,14H,3-7H2,1-2H3. The molecule has 0 amide bonds. The van der Waals surface area contributed by atoms with Gasteiger partial charge in [0, 0.05) is 11.6 Å². The van der Waals surface area contributed by atoms with E-state index in [1.54, 1.807) is 11.3 Å². The normalized spacial score (nSPS) is 21.7. The minimum Gasteiger partial charge on any atom is -0.306 e. The third-order valence-corrected chi connectivity index (χ3v) is 4.60. The van der Waals surface area contributed by atoms with Crippen LogP contribution in [0.15, 0.2) is 11.6 Å². The van der Waals surface area contributed by atoms with Crippen molar-refractivity contribution in [2.75, 3.05) is 6.54 Å². The Balaban J connectivity index is 2.22. The predicted molar refractivity (Wildman–Crippen MR) is 65.1 cm³/mol. The summed E-state index contributed by atoms with van der Waals surface area (Å²) in [4.78, 5) is 4.51. The maximum absolute atomic E-state index is 4.51. The quantitative estimate of drug-likeness (QED) is 0.850. The van der Waals surface area contributed by atoms with Crippen LogP contribution in [0.5, 0.6) is 0 Å². The van der Waals surface area contributed by atoms with Crippen LogP contribution in [0.25, 0.3) is 0 Å². The first-order chi connectivity index (χ1) is 7.27. The van der Waals surface area contributed by atoms with E-state index in [9.17, 15) is 0 Å². The number of hydrogen-bond donors (Lipinski definition) is 1. The molecule has 1 fully saturated rings. The lowest BCUT2D eigenvalue weighted by Gasteiger charge is -2.34. The van der Waals surface area contributed by atoms with E-state index in [1.165, 1.54) is 30.7 Å². The molecule has 1 heterocycles. The number of aromatic nitrogens is 1. The lowest BCUT2D eigenvalue weighted by atomic mass is 9.84. The summed E-state index contributed by atoms with van der Waals surface area (Å²) < 4.78 is 0. The fourth-order valence-electron chi connectivity index (χ4n) is 2.74. The molecular formula is C12H20N2S. The van der Waals surface area contributed by atoms with E-state index >= 15 is 0 Å². The second-order valence-electron chi connectivity index (χ2n) is 4.55. The summed E-state index contributed by atoms with van der Waals surface area (Å²) in [5.41, 5.74) is 0.111. The molecule has 3 heteroatoms. The molecule has 2 nitrogen and oxygen atoms in total. The lowest BCUT2D eigenvalue weighted by Crippen LogP contribution is -2.45. The van der Waals surface area contributed by atoms with Crippen LogP contribution in [0.4, 0.5) is 0 Å². The zero-order chi connectivity index (χ0) is 10.7. The van der Waals surface area contributed by atoms with Gasteiger partial charge in [0.2, 0.25) is 0 Å². The molecule has 0 spiro atoms. The molecule has 0 aliphatic heterocycles. The molecule has 0 aromatic carbocycles. The van der Waals surface area contributed by atoms with E-state index in [-0.39, 0.29) is 5.54 Å². The van der Waals surface area contributed by atoms with Crippen molar-refractivity contribution in [3.05, 3.63) is 16.6 Å². The highest BCUT2D eigenvalue weighted by Gasteiger charge is 2.38. The molecule has 0 bridgehead atoms. The Bertz CT molecular complexity index is 291. The molecular weight excluding hydrogens is 204 g/mol. The Morgan fingerprint density at radius 1 is 1.53 bits per heavy atom. The monoisotopic (exact) mass is 224 g/mol. The molecule has 1 aromatic rings. The maximum atomic E-state index is 4.51. The molecule has 0 radical (unpaired) electrons. The summed E-state index contributed by atoms with van der Waals surface area (Å²) >= 11 is 1.78. The van der Waals surface area contributed by atoms with Crippen LogP contribution in [-0.4, -0.2) is 11.5 Å². The van der Waals surface area contributed by atoms with Crippen molar-refractivity contribution in [3.63, 3.8) is 0 Å². The summed E-state index contributed by atoms with van der Waals surface area (Å²) in [6, 6.07) is 0. The zero-order valence-corrected chi connectivity index (χ0v) is 10.4. The summed E-state index contributed by atoms with van der Waals surface area (Å²) in [7, 11) is 0. The molecule has 15 heavy (non-hydrogen) atoms. The second-order valence-corrected chi connectivity index (χ2v) is 5.45. The second kappa shape index (κ2) is 4.62. The van der Waals surface area contributed by atoms with Crippen LogP contribution in [0, 0.1) is 5.92 Å². The van der Waals surface area contributed by atoms with Crippen LogP contribution in [-0.2, 0) is 5.54 Å². The van der Waals surface area contributed by atoms with Gasteiger partial charge < -0.3 is 5.32 Å². The average molecular weight is 224 g/mol. The number of nitrogens with zero attached hydrogens (tertiary/aromatic N) is 1. The first-order valence-corrected chi connectivity index (χ1v) is 6.80. The van der Waals surface area contributed by atoms with Gasteiger partial charge in [-0.15, -0.1) is 11.3 Å². The van der Waals surface area contributed by atoms with Crippen molar-refractivity contribution >= 4 is 11.3 Å². The van der Waals surface area contributed by atoms with Gasteiger partial charge in [0.05, 0.1) is 5.54 Å². The average Bonchev–Trinajstić information content (AvgIpc) is 2.92. The maximum Gasteiger partial charge on any atom is 0.113 e. The fourth-order valence-corrected chi connectivity index (χ4v) is 3.60. The van der Waals surface area contributed by atoms with Crippen LogP contribution >= 0.6 is 11.3 Å². The van der Waals surface area contributed by atoms with Gasteiger partial charge in [-0.05, 0) is 32.2 Å². The predicted octanol–water partition coefficient (Wildman–Crippen LogP) is 3.16. The Morgan fingerprint density at radius 2 is 2.27 bits per heavy atom. The highest BCUT2D eigenvalue weighted by Crippen LogP contribution is 2.40. The van der Waals surface area contributed by atoms with Crippen molar-refractivity contribution < 1.29 is 0 Å². The molecule has 1 unspecified atom stereocenters. The Hall–Kier alpha value is -0.410. The molecule has 0 saturated heterocycles. The SMILES string of the molecule is CCNC(C)(c1nccs1)C1CCCC1. The largest absolute Gasteiger partial charge is 0.306 e. The number of hydrogen-bond acceptors (Lipinski definition) is 3. The molecule has 1 atom stereocenters. The van der Waals surface area contributed by atoms with Crippen LogP contribution in [0.3, 0.4) is 0 Å². The Kier molecular flexibility index (Phi) is 3.42. The molecule has 1 aliphatic rings. The lowest BCUT2D eigenvalue weighted by molar-refractivity contribution is 0.239. The minimum atomic E-state index is 0.111. The van der Waals surface area contributed by atoms with E-state index in [0.717, 1.165) is 12.5 Å². The van der Waals surface area contributed by atoms with Crippen LogP contribution in [0.2, 0.25) is 0 Å². The minimum absolute atomic E-state index is 0.111. The number of thiazole rings is 1. The van der Waals surface area contributed by atoms with Crippen LogP contribution in [0.1, 0.15) is 44.5 Å². The fraction of sp³-hybridized carbons (Fsp3) is 0.750. The van der Waals surface area contributed by atoms with Crippen molar-refractivity contribution in [1.82, 2.24) is 10.3 Å². The first-order valence-electron chi connectivity index (χ1n) is 5.92. The number of rotatable bonds is 4. The van der Waals surface area contributed by atoms with Gasteiger partial charge in [-0.1, -0.05) is 19.8 Å². The van der Waals surface area contributed by atoms with Crippen molar-refractivity contribution in [3.8, 4) is 0 Å². The van der Waals surface area contributed by atoms with Gasteiger partial charge in [-0.25, -0.2) is 4.98 Å². The van der Waals surface area contributed by atoms with E-state index in [1.807, 2.05) is 6.20 Å². The highest BCUT2D eigenvalue weighted by atomic mass is 32.1. The van der Waals surface area contributed by atoms with Crippen molar-refractivity contribution in [2.45, 2.75) is 45.1 Å². The number of nitrogens with one attached hydrogen (secondary N) is 1. The molecule has 84 valence electrons. The van der Waals surface area contributed by atoms with E-state index < -0.39 is 0 Å². The molecule has 2 rings (SSSR count). The van der Waals surface area contributed by atoms with Crippen molar-refractivity contribution in [1.29, 1.82) is 0 Å². The van der Waals surface area contributed by atoms with Crippen molar-refractivity contribution in [2.24, 2.45) is 5.92 Å². The topological polar surface area (TPSA) is 24.9 Å². The smallest absolute Gasteiger partial charge is 0.113 e. The molecule has 1 aliphatic carbocycles. The van der Waals surface area contributed by atoms with E-state index in [4.69, 9.17) is 0 Å². The third-order valence-electron chi connectivity index (χ3n) is 3.59. The summed E-state index contributed by atoms with van der Waals surface area (Å²) in [6.07, 6.45) is 7.39. The molecule has 1 saturated carbocycles. The summed E-state index contributed by atoms with van der Waals surface area (Å²) in [6.45, 7) is 5.53. The summed E-state index contributed by atoms with van der Waals surface area (Å²) in [5, 5.41) is 6.99. The van der Waals surface area contributed by atoms with E-state index in [2.05, 4.69) is 29.5 Å². The first kappa shape index (κ1) is 11.1.